The summed E-state index contributed by atoms with van der Waals surface area (Å²) in [5.74, 6) is -0.586. The van der Waals surface area contributed by atoms with Crippen LogP contribution in [0, 0.1) is 0 Å². The fourth-order valence-electron chi connectivity index (χ4n) is 10.1. The first kappa shape index (κ1) is 80.0. The predicted molar refractivity (Wildman–Crippen MR) is 371 cm³/mol. The molecular weight excluding hydrogens is 1030 g/mol. The third-order valence-corrected chi connectivity index (χ3v) is 15.4. The van der Waals surface area contributed by atoms with Crippen LogP contribution < -0.4 is 0 Å². The molecule has 5 heteroatoms. The van der Waals surface area contributed by atoms with E-state index in [4.69, 9.17) is 9.47 Å². The van der Waals surface area contributed by atoms with Crippen molar-refractivity contribution in [3.8, 4) is 0 Å². The van der Waals surface area contributed by atoms with Crippen molar-refractivity contribution < 1.29 is 24.2 Å². The number of esters is 2. The lowest BCUT2D eigenvalue weighted by Crippen LogP contribution is -2.28. The van der Waals surface area contributed by atoms with Crippen LogP contribution in [0.2, 0.25) is 0 Å². The Labute approximate surface area is 521 Å². The van der Waals surface area contributed by atoms with Gasteiger partial charge in [0.2, 0.25) is 0 Å². The number of ether oxygens (including phenoxy) is 2. The van der Waals surface area contributed by atoms with Gasteiger partial charge in [0.1, 0.15) is 6.61 Å². The van der Waals surface area contributed by atoms with Crippen LogP contribution in [-0.2, 0) is 19.1 Å². The highest BCUT2D eigenvalue weighted by molar-refractivity contribution is 5.70. The molecule has 5 nitrogen and oxygen atoms in total. The Bertz CT molecular complexity index is 1700. The highest BCUT2D eigenvalue weighted by atomic mass is 16.6. The van der Waals surface area contributed by atoms with E-state index >= 15 is 0 Å². The van der Waals surface area contributed by atoms with Crippen LogP contribution in [0.5, 0.6) is 0 Å². The van der Waals surface area contributed by atoms with Crippen molar-refractivity contribution in [3.05, 3.63) is 134 Å². The Morgan fingerprint density at radius 3 is 0.774 bits per heavy atom. The fourth-order valence-corrected chi connectivity index (χ4v) is 10.1. The molecule has 0 saturated heterocycles. The molecule has 0 bridgehead atoms. The third kappa shape index (κ3) is 70.5. The highest BCUT2D eigenvalue weighted by Gasteiger charge is 2.16. The normalized spacial score (nSPS) is 13.0. The number of carbonyl (C=O) groups is 2. The first-order valence-corrected chi connectivity index (χ1v) is 35.7. The number of rotatable bonds is 65. The van der Waals surface area contributed by atoms with E-state index in [9.17, 15) is 14.7 Å². The number of hydrogen-bond acceptors (Lipinski definition) is 5. The number of allylic oxidation sites excluding steroid dienone is 22. The number of unbranched alkanes of at least 4 members (excludes halogenated alkanes) is 35. The summed E-state index contributed by atoms with van der Waals surface area (Å²) in [5.41, 5.74) is 0. The van der Waals surface area contributed by atoms with E-state index in [-0.39, 0.29) is 25.2 Å². The Morgan fingerprint density at radius 2 is 0.512 bits per heavy atom. The second-order valence-electron chi connectivity index (χ2n) is 23.6. The molecule has 0 rings (SSSR count). The van der Waals surface area contributed by atoms with Crippen molar-refractivity contribution in [1.82, 2.24) is 0 Å². The van der Waals surface area contributed by atoms with E-state index in [1.54, 1.807) is 0 Å². The van der Waals surface area contributed by atoms with E-state index < -0.39 is 6.10 Å². The molecule has 0 amide bonds. The molecule has 0 aliphatic carbocycles. The summed E-state index contributed by atoms with van der Waals surface area (Å²) in [6.07, 6.45) is 109. The predicted octanol–water partition coefficient (Wildman–Crippen LogP) is 25.1. The van der Waals surface area contributed by atoms with E-state index in [0.29, 0.717) is 12.8 Å². The van der Waals surface area contributed by atoms with Crippen molar-refractivity contribution >= 4 is 11.9 Å². The lowest BCUT2D eigenvalue weighted by atomic mass is 10.0. The van der Waals surface area contributed by atoms with Crippen molar-refractivity contribution in [3.63, 3.8) is 0 Å². The minimum absolute atomic E-state index is 0.0697. The van der Waals surface area contributed by atoms with Gasteiger partial charge < -0.3 is 14.6 Å². The van der Waals surface area contributed by atoms with Crippen LogP contribution in [-0.4, -0.2) is 36.4 Å². The minimum atomic E-state index is -0.782. The molecule has 0 heterocycles. The Balaban J connectivity index is 3.49. The van der Waals surface area contributed by atoms with Gasteiger partial charge in [-0.25, -0.2) is 0 Å². The fraction of sp³-hybridized carbons (Fsp3) is 0.696. The van der Waals surface area contributed by atoms with Crippen molar-refractivity contribution in [2.45, 2.75) is 341 Å². The Kier molecular flexibility index (Phi) is 69.8. The number of aliphatic hydroxyl groups is 1. The Morgan fingerprint density at radius 1 is 0.286 bits per heavy atom. The van der Waals surface area contributed by atoms with Crippen LogP contribution in [0.1, 0.15) is 335 Å². The van der Waals surface area contributed by atoms with Gasteiger partial charge in [0, 0.05) is 12.8 Å². The molecule has 0 aliphatic rings. The average molecular weight is 1160 g/mol. The maximum atomic E-state index is 12.4. The molecule has 0 saturated carbocycles. The van der Waals surface area contributed by atoms with Crippen LogP contribution in [0.15, 0.2) is 134 Å². The van der Waals surface area contributed by atoms with Crippen LogP contribution in [0.25, 0.3) is 0 Å². The van der Waals surface area contributed by atoms with Gasteiger partial charge in [0.25, 0.3) is 0 Å². The average Bonchev–Trinajstić information content (AvgIpc) is 3.51. The number of aliphatic hydroxyl groups excluding tert-OH is 1. The first-order valence-electron chi connectivity index (χ1n) is 35.7. The van der Waals surface area contributed by atoms with Gasteiger partial charge in [0.05, 0.1) is 6.61 Å². The molecule has 0 aromatic heterocycles. The van der Waals surface area contributed by atoms with Gasteiger partial charge in [-0.1, -0.05) is 340 Å². The maximum Gasteiger partial charge on any atom is 0.306 e. The first-order chi connectivity index (χ1) is 41.6. The molecule has 0 aromatic rings. The summed E-state index contributed by atoms with van der Waals surface area (Å²) in [6, 6.07) is 0. The molecule has 84 heavy (non-hydrogen) atoms. The van der Waals surface area contributed by atoms with E-state index in [2.05, 4.69) is 148 Å². The summed E-state index contributed by atoms with van der Waals surface area (Å²) < 4.78 is 10.8. The summed E-state index contributed by atoms with van der Waals surface area (Å²) in [5, 5.41) is 9.71. The SMILES string of the molecule is CC/C=C\C/C=C\C/C=C\C/C=C\C/C=C\C/C=C\C/C=C\C/C=C\CCCCCCCCCCCCCCC(=O)OC(CO)COC(=O)CCCCCCCCCCCCCCCCCCCC/C=C\C/C=C\C/C=C\CCCCCCC. The monoisotopic (exact) mass is 1160 g/mol. The molecule has 0 aliphatic heterocycles. The van der Waals surface area contributed by atoms with Gasteiger partial charge in [-0.2, -0.15) is 0 Å². The molecule has 0 spiro atoms. The molecule has 480 valence electrons. The second-order valence-corrected chi connectivity index (χ2v) is 23.6. The quantitative estimate of drug-likeness (QED) is 0.0373. The zero-order valence-electron chi connectivity index (χ0n) is 55.1. The van der Waals surface area contributed by atoms with Gasteiger partial charge in [-0.15, -0.1) is 0 Å². The van der Waals surface area contributed by atoms with Gasteiger partial charge in [0.15, 0.2) is 6.10 Å². The second kappa shape index (κ2) is 73.3. The molecule has 1 N–H and O–H groups in total. The van der Waals surface area contributed by atoms with Gasteiger partial charge in [-0.05, 0) is 116 Å². The molecule has 1 unspecified atom stereocenters. The van der Waals surface area contributed by atoms with Crippen LogP contribution >= 0.6 is 0 Å². The zero-order chi connectivity index (χ0) is 60.5. The van der Waals surface area contributed by atoms with Gasteiger partial charge >= 0.3 is 11.9 Å². The minimum Gasteiger partial charge on any atom is -0.462 e. The summed E-state index contributed by atoms with van der Waals surface area (Å²) >= 11 is 0. The largest absolute Gasteiger partial charge is 0.462 e. The van der Waals surface area contributed by atoms with Gasteiger partial charge in [-0.3, -0.25) is 9.59 Å². The van der Waals surface area contributed by atoms with Crippen LogP contribution in [0.4, 0.5) is 0 Å². The smallest absolute Gasteiger partial charge is 0.306 e. The summed E-state index contributed by atoms with van der Waals surface area (Å²) in [6.45, 7) is 4.04. The van der Waals surface area contributed by atoms with E-state index in [0.717, 1.165) is 103 Å². The topological polar surface area (TPSA) is 72.8 Å². The molecule has 0 fully saturated rings. The Hall–Kier alpha value is -3.96. The van der Waals surface area contributed by atoms with Crippen molar-refractivity contribution in [1.29, 1.82) is 0 Å². The summed E-state index contributed by atoms with van der Waals surface area (Å²) in [4.78, 5) is 24.7. The van der Waals surface area contributed by atoms with Crippen molar-refractivity contribution in [2.75, 3.05) is 13.2 Å². The molecule has 1 atom stereocenters. The molecule has 0 radical (unpaired) electrons. The zero-order valence-corrected chi connectivity index (χ0v) is 55.1. The number of hydrogen-bond donors (Lipinski definition) is 1. The van der Waals surface area contributed by atoms with Crippen LogP contribution in [0.3, 0.4) is 0 Å². The van der Waals surface area contributed by atoms with Crippen molar-refractivity contribution in [2.24, 2.45) is 0 Å². The lowest BCUT2D eigenvalue weighted by Gasteiger charge is -2.15. The standard InChI is InChI=1S/C79H134O5/c1-3-5-7-9-11-13-15-17-19-21-23-25-27-29-31-33-35-37-38-39-40-42-44-46-48-50-52-54-56-58-60-62-64-66-68-70-72-74-79(82)84-77(75-80)76-83-78(81)73-71-69-67-65-63-61-59-57-55-53-51-49-47-45-43-41-36-34-32-30-28-26-24-22-20-18-16-14-12-10-8-6-4-2/h5,7,11,13,16-19,22-25,28-31,35,37,39-40,44,46,77,80H,3-4,6,8-10,12,14-15,20-21,26-27,32-34,36,38,41-43,45,47-76H2,1-2H3/b7-5-,13-11-,18-16-,19-17-,24-22-,25-23-,30-28-,31-29-,37-35-,40-39-,46-44-. The third-order valence-electron chi connectivity index (χ3n) is 15.4. The highest BCUT2D eigenvalue weighted by Crippen LogP contribution is 2.17. The van der Waals surface area contributed by atoms with E-state index in [1.807, 2.05) is 0 Å². The maximum absolute atomic E-state index is 12.4. The lowest BCUT2D eigenvalue weighted by molar-refractivity contribution is -0.161. The summed E-state index contributed by atoms with van der Waals surface area (Å²) in [7, 11) is 0. The molecule has 0 aromatic carbocycles. The van der Waals surface area contributed by atoms with E-state index in [1.165, 1.54) is 205 Å². The molecular formula is C79H134O5. The number of carbonyl (C=O) groups excluding carboxylic acids is 2.